The second kappa shape index (κ2) is 10.3. The van der Waals surface area contributed by atoms with E-state index in [9.17, 15) is 9.59 Å². The summed E-state index contributed by atoms with van der Waals surface area (Å²) in [6.45, 7) is 5.31. The minimum atomic E-state index is -0.524. The van der Waals surface area contributed by atoms with Gasteiger partial charge in [0.1, 0.15) is 6.04 Å². The number of benzene rings is 2. The summed E-state index contributed by atoms with van der Waals surface area (Å²) in [6, 6.07) is 14.7. The number of nitrogens with one attached hydrogen (secondary N) is 1. The highest BCUT2D eigenvalue weighted by atomic mass is 35.5. The Labute approximate surface area is 188 Å². The zero-order valence-electron chi connectivity index (χ0n) is 17.4. The molecular formula is C24H28Cl2N2O2. The maximum Gasteiger partial charge on any atom is 0.245 e. The molecular weight excluding hydrogens is 419 g/mol. The summed E-state index contributed by atoms with van der Waals surface area (Å²) < 4.78 is 0. The van der Waals surface area contributed by atoms with Crippen LogP contribution in [0.25, 0.3) is 0 Å². The molecule has 3 rings (SSSR count). The fraction of sp³-hybridized carbons (Fsp3) is 0.417. The summed E-state index contributed by atoms with van der Waals surface area (Å²) in [4.78, 5) is 27.6. The third-order valence-corrected chi connectivity index (χ3v) is 6.14. The highest BCUT2D eigenvalue weighted by Crippen LogP contribution is 2.29. The summed E-state index contributed by atoms with van der Waals surface area (Å²) in [5, 5.41) is 4.28. The summed E-state index contributed by atoms with van der Waals surface area (Å²) in [7, 11) is 0. The summed E-state index contributed by atoms with van der Waals surface area (Å²) in [5.41, 5.74) is 2.10. The van der Waals surface area contributed by atoms with Crippen molar-refractivity contribution >= 4 is 35.0 Å². The molecule has 4 nitrogen and oxygen atoms in total. The van der Waals surface area contributed by atoms with Crippen LogP contribution in [0.15, 0.2) is 48.5 Å². The largest absolute Gasteiger partial charge is 0.344 e. The molecule has 0 aliphatic carbocycles. The van der Waals surface area contributed by atoms with E-state index in [1.54, 1.807) is 12.1 Å². The molecule has 6 heteroatoms. The quantitative estimate of drug-likeness (QED) is 0.671. The van der Waals surface area contributed by atoms with Crippen molar-refractivity contribution in [3.05, 3.63) is 69.7 Å². The van der Waals surface area contributed by atoms with Crippen molar-refractivity contribution in [2.75, 3.05) is 13.1 Å². The molecule has 1 atom stereocenters. The van der Waals surface area contributed by atoms with Gasteiger partial charge in [-0.2, -0.15) is 0 Å². The molecule has 0 bridgehead atoms. The first-order valence-corrected chi connectivity index (χ1v) is 11.2. The number of nitrogens with zero attached hydrogens (tertiary/aromatic N) is 1. The number of carbonyl (C=O) groups is 2. The van der Waals surface area contributed by atoms with Crippen LogP contribution in [0.2, 0.25) is 10.0 Å². The van der Waals surface area contributed by atoms with E-state index in [0.717, 1.165) is 23.4 Å². The summed E-state index contributed by atoms with van der Waals surface area (Å²) >= 11 is 12.0. The van der Waals surface area contributed by atoms with Crippen molar-refractivity contribution < 1.29 is 9.59 Å². The van der Waals surface area contributed by atoms with Crippen LogP contribution >= 0.6 is 23.2 Å². The van der Waals surface area contributed by atoms with Gasteiger partial charge in [-0.05, 0) is 60.1 Å². The molecule has 0 radical (unpaired) electrons. The van der Waals surface area contributed by atoms with Crippen LogP contribution in [0.1, 0.15) is 43.7 Å². The molecule has 1 N–H and O–H groups in total. The number of halogens is 2. The van der Waals surface area contributed by atoms with Gasteiger partial charge in [-0.3, -0.25) is 9.59 Å². The number of hydrogen-bond acceptors (Lipinski definition) is 2. The first-order valence-electron chi connectivity index (χ1n) is 10.4. The molecule has 2 aromatic carbocycles. The second-order valence-electron chi connectivity index (χ2n) is 8.25. The predicted molar refractivity (Wildman–Crippen MR) is 122 cm³/mol. The molecule has 2 aromatic rings. The zero-order valence-corrected chi connectivity index (χ0v) is 18.9. The molecule has 1 aliphatic heterocycles. The monoisotopic (exact) mass is 446 g/mol. The topological polar surface area (TPSA) is 49.4 Å². The average molecular weight is 447 g/mol. The molecule has 1 unspecified atom stereocenters. The third kappa shape index (κ3) is 5.99. The van der Waals surface area contributed by atoms with Crippen LogP contribution in [-0.4, -0.2) is 35.8 Å². The van der Waals surface area contributed by atoms with Crippen LogP contribution in [0.4, 0.5) is 0 Å². The molecule has 1 saturated heterocycles. The van der Waals surface area contributed by atoms with Crippen molar-refractivity contribution in [2.45, 2.75) is 45.1 Å². The molecule has 1 fully saturated rings. The molecule has 0 saturated carbocycles. The van der Waals surface area contributed by atoms with Crippen molar-refractivity contribution in [3.8, 4) is 0 Å². The van der Waals surface area contributed by atoms with E-state index in [1.807, 2.05) is 43.0 Å². The molecule has 160 valence electrons. The SMILES string of the molecule is CC(C)C(NC(=O)Cc1cccc(Cl)c1)C(=O)N1CCC(c2ccc(Cl)cc2)CC1. The Kier molecular flexibility index (Phi) is 7.79. The lowest BCUT2D eigenvalue weighted by Crippen LogP contribution is -2.53. The number of rotatable bonds is 6. The van der Waals surface area contributed by atoms with E-state index >= 15 is 0 Å². The smallest absolute Gasteiger partial charge is 0.245 e. The minimum Gasteiger partial charge on any atom is -0.344 e. The lowest BCUT2D eigenvalue weighted by Gasteiger charge is -2.35. The lowest BCUT2D eigenvalue weighted by atomic mass is 9.89. The van der Waals surface area contributed by atoms with Crippen LogP contribution in [0.5, 0.6) is 0 Å². The lowest BCUT2D eigenvalue weighted by molar-refractivity contribution is -0.138. The van der Waals surface area contributed by atoms with Crippen LogP contribution in [-0.2, 0) is 16.0 Å². The Morgan fingerprint density at radius 2 is 1.70 bits per heavy atom. The maximum atomic E-state index is 13.1. The van der Waals surface area contributed by atoms with E-state index in [1.165, 1.54) is 5.56 Å². The van der Waals surface area contributed by atoms with E-state index in [0.29, 0.717) is 24.0 Å². The van der Waals surface area contributed by atoms with Gasteiger partial charge in [0.15, 0.2) is 0 Å². The first kappa shape index (κ1) is 22.6. The molecule has 0 aromatic heterocycles. The average Bonchev–Trinajstić information content (AvgIpc) is 2.72. The van der Waals surface area contributed by atoms with Crippen LogP contribution in [0, 0.1) is 5.92 Å². The standard InChI is InChI=1S/C24H28Cl2N2O2/c1-16(2)23(27-22(29)15-17-4-3-5-21(26)14-17)24(30)28-12-10-19(11-13-28)18-6-8-20(25)9-7-18/h3-9,14,16,19,23H,10-13,15H2,1-2H3,(H,27,29). The third-order valence-electron chi connectivity index (χ3n) is 5.65. The van der Waals surface area contributed by atoms with Gasteiger partial charge in [-0.25, -0.2) is 0 Å². The van der Waals surface area contributed by atoms with E-state index < -0.39 is 6.04 Å². The van der Waals surface area contributed by atoms with Gasteiger partial charge in [-0.15, -0.1) is 0 Å². The van der Waals surface area contributed by atoms with E-state index in [-0.39, 0.29) is 24.2 Å². The second-order valence-corrected chi connectivity index (χ2v) is 9.12. The van der Waals surface area contributed by atoms with Gasteiger partial charge in [0, 0.05) is 23.1 Å². The van der Waals surface area contributed by atoms with Crippen molar-refractivity contribution in [2.24, 2.45) is 5.92 Å². The van der Waals surface area contributed by atoms with Crippen molar-refractivity contribution in [3.63, 3.8) is 0 Å². The fourth-order valence-electron chi connectivity index (χ4n) is 3.94. The van der Waals surface area contributed by atoms with Gasteiger partial charge in [0.25, 0.3) is 0 Å². The number of carbonyl (C=O) groups excluding carboxylic acids is 2. The predicted octanol–water partition coefficient (Wildman–Crippen LogP) is 5.08. The highest BCUT2D eigenvalue weighted by molar-refractivity contribution is 6.30. The number of amides is 2. The van der Waals surface area contributed by atoms with Crippen molar-refractivity contribution in [1.82, 2.24) is 10.2 Å². The minimum absolute atomic E-state index is 0.000926. The van der Waals surface area contributed by atoms with E-state index in [2.05, 4.69) is 17.4 Å². The number of likely N-dealkylation sites (tertiary alicyclic amines) is 1. The Hall–Kier alpha value is -2.04. The molecule has 30 heavy (non-hydrogen) atoms. The van der Waals surface area contributed by atoms with E-state index in [4.69, 9.17) is 23.2 Å². The fourth-order valence-corrected chi connectivity index (χ4v) is 4.27. The molecule has 2 amide bonds. The molecule has 1 aliphatic rings. The summed E-state index contributed by atoms with van der Waals surface area (Å²) in [5.74, 6) is 0.274. The maximum absolute atomic E-state index is 13.1. The highest BCUT2D eigenvalue weighted by Gasteiger charge is 2.31. The Bertz CT molecular complexity index is 875. The zero-order chi connectivity index (χ0) is 21.7. The van der Waals surface area contributed by atoms with Gasteiger partial charge < -0.3 is 10.2 Å². The van der Waals surface area contributed by atoms with Crippen LogP contribution in [0.3, 0.4) is 0 Å². The van der Waals surface area contributed by atoms with Gasteiger partial charge in [0.05, 0.1) is 6.42 Å². The number of piperidine rings is 1. The Morgan fingerprint density at radius 3 is 2.30 bits per heavy atom. The molecule has 1 heterocycles. The first-order chi connectivity index (χ1) is 14.3. The normalized spacial score (nSPS) is 15.8. The number of hydrogen-bond donors (Lipinski definition) is 1. The summed E-state index contributed by atoms with van der Waals surface area (Å²) in [6.07, 6.45) is 2.03. The Morgan fingerprint density at radius 1 is 1.03 bits per heavy atom. The van der Waals surface area contributed by atoms with Gasteiger partial charge in [-0.1, -0.05) is 61.3 Å². The van der Waals surface area contributed by atoms with Gasteiger partial charge in [0.2, 0.25) is 11.8 Å². The Balaban J connectivity index is 1.57. The molecule has 0 spiro atoms. The van der Waals surface area contributed by atoms with Crippen LogP contribution < -0.4 is 5.32 Å². The van der Waals surface area contributed by atoms with Crippen molar-refractivity contribution in [1.29, 1.82) is 0 Å². The van der Waals surface area contributed by atoms with Gasteiger partial charge >= 0.3 is 0 Å².